The van der Waals surface area contributed by atoms with Crippen LogP contribution in [0.2, 0.25) is 0 Å². The number of nitrogens with zero attached hydrogens (tertiary/aromatic N) is 1. The van der Waals surface area contributed by atoms with E-state index in [2.05, 4.69) is 4.98 Å². The second kappa shape index (κ2) is 8.68. The van der Waals surface area contributed by atoms with Crippen molar-refractivity contribution in [1.82, 2.24) is 4.98 Å². The summed E-state index contributed by atoms with van der Waals surface area (Å²) in [5, 5.41) is 11.5. The maximum atomic E-state index is 13.4. The van der Waals surface area contributed by atoms with Gasteiger partial charge in [-0.1, -0.05) is 6.07 Å². The highest BCUT2D eigenvalue weighted by Crippen LogP contribution is 2.45. The molecular weight excluding hydrogens is 522 g/mol. The fourth-order valence-electron chi connectivity index (χ4n) is 3.37. The van der Waals surface area contributed by atoms with Gasteiger partial charge in [-0.2, -0.15) is 52.7 Å². The quantitative estimate of drug-likeness (QED) is 0.355. The standard InChI is InChI=1S/C22H11F12NO/c23-19(24,25)13-5-11(6-14(9-13)20(26,27)28)18(36,17-3-1-2-4-35-17)12-7-15(21(29,30)31)10-16(8-12)22(32,33)34/h1-10,36H. The van der Waals surface area contributed by atoms with Crippen LogP contribution in [0.5, 0.6) is 0 Å². The van der Waals surface area contributed by atoms with Crippen LogP contribution in [0, 0.1) is 0 Å². The van der Waals surface area contributed by atoms with Crippen molar-refractivity contribution in [3.05, 3.63) is 99.9 Å². The van der Waals surface area contributed by atoms with Gasteiger partial charge in [0, 0.05) is 6.20 Å². The maximum absolute atomic E-state index is 13.4. The van der Waals surface area contributed by atoms with Gasteiger partial charge in [0.15, 0.2) is 5.60 Å². The molecule has 14 heteroatoms. The van der Waals surface area contributed by atoms with Crippen molar-refractivity contribution < 1.29 is 57.8 Å². The van der Waals surface area contributed by atoms with Crippen LogP contribution in [-0.4, -0.2) is 10.1 Å². The highest BCUT2D eigenvalue weighted by molar-refractivity contribution is 5.50. The van der Waals surface area contributed by atoms with E-state index in [-0.39, 0.29) is 36.4 Å². The van der Waals surface area contributed by atoms with E-state index in [0.29, 0.717) is 0 Å². The summed E-state index contributed by atoms with van der Waals surface area (Å²) in [4.78, 5) is 3.60. The van der Waals surface area contributed by atoms with Gasteiger partial charge in [0.25, 0.3) is 0 Å². The van der Waals surface area contributed by atoms with Gasteiger partial charge >= 0.3 is 24.7 Å². The predicted molar refractivity (Wildman–Crippen MR) is 99.2 cm³/mol. The SMILES string of the molecule is OC(c1cc(C(F)(F)F)cc(C(F)(F)F)c1)(c1cc(C(F)(F)F)cc(C(F)(F)F)c1)c1ccccn1. The Morgan fingerprint density at radius 3 is 1.03 bits per heavy atom. The number of benzene rings is 2. The molecular formula is C22H11F12NO. The zero-order valence-electron chi connectivity index (χ0n) is 17.2. The van der Waals surface area contributed by atoms with Gasteiger partial charge in [0.05, 0.1) is 27.9 Å². The van der Waals surface area contributed by atoms with Crippen molar-refractivity contribution in [1.29, 1.82) is 0 Å². The summed E-state index contributed by atoms with van der Waals surface area (Å²) in [5.41, 5.74) is -14.7. The molecule has 0 fully saturated rings. The van der Waals surface area contributed by atoms with Gasteiger partial charge in [-0.25, -0.2) is 0 Å². The highest BCUT2D eigenvalue weighted by atomic mass is 19.4. The Bertz CT molecular complexity index is 1100. The number of aromatic nitrogens is 1. The molecule has 194 valence electrons. The number of hydrogen-bond donors (Lipinski definition) is 1. The normalized spacial score (nSPS) is 13.7. The Balaban J connectivity index is 2.49. The zero-order chi connectivity index (χ0) is 27.3. The third kappa shape index (κ3) is 5.42. The molecule has 2 aromatic carbocycles. The molecule has 0 amide bonds. The largest absolute Gasteiger partial charge is 0.416 e. The second-order valence-electron chi connectivity index (χ2n) is 7.51. The topological polar surface area (TPSA) is 33.1 Å². The molecule has 0 bridgehead atoms. The summed E-state index contributed by atoms with van der Waals surface area (Å²) in [6, 6.07) is 2.45. The van der Waals surface area contributed by atoms with Crippen molar-refractivity contribution in [3.63, 3.8) is 0 Å². The molecule has 0 spiro atoms. The van der Waals surface area contributed by atoms with Crippen LogP contribution in [0.3, 0.4) is 0 Å². The molecule has 0 saturated heterocycles. The van der Waals surface area contributed by atoms with E-state index in [1.54, 1.807) is 0 Å². The zero-order valence-corrected chi connectivity index (χ0v) is 17.2. The third-order valence-corrected chi connectivity index (χ3v) is 5.05. The lowest BCUT2D eigenvalue weighted by Crippen LogP contribution is -2.32. The summed E-state index contributed by atoms with van der Waals surface area (Å²) in [6.45, 7) is 0. The number of hydrogen-bond acceptors (Lipinski definition) is 2. The first-order valence-corrected chi connectivity index (χ1v) is 9.48. The van der Waals surface area contributed by atoms with Crippen LogP contribution in [0.25, 0.3) is 0 Å². The summed E-state index contributed by atoms with van der Waals surface area (Å²) >= 11 is 0. The monoisotopic (exact) mass is 533 g/mol. The number of alkyl halides is 12. The molecule has 0 saturated carbocycles. The molecule has 1 N–H and O–H groups in total. The molecule has 3 rings (SSSR count). The van der Waals surface area contributed by atoms with Gasteiger partial charge in [-0.05, 0) is 59.7 Å². The molecule has 1 aromatic heterocycles. The van der Waals surface area contributed by atoms with Gasteiger partial charge in [-0.15, -0.1) is 0 Å². The maximum Gasteiger partial charge on any atom is 0.416 e. The Labute approximate surface area is 193 Å². The Kier molecular flexibility index (Phi) is 6.58. The highest BCUT2D eigenvalue weighted by Gasteiger charge is 2.45. The van der Waals surface area contributed by atoms with Crippen LogP contribution in [0.15, 0.2) is 60.8 Å². The van der Waals surface area contributed by atoms with Crippen LogP contribution in [0.4, 0.5) is 52.7 Å². The van der Waals surface area contributed by atoms with E-state index >= 15 is 0 Å². The third-order valence-electron chi connectivity index (χ3n) is 5.05. The summed E-state index contributed by atoms with van der Waals surface area (Å²) < 4.78 is 161. The van der Waals surface area contributed by atoms with Crippen molar-refractivity contribution in [3.8, 4) is 0 Å². The minimum Gasteiger partial charge on any atom is -0.374 e. The minimum atomic E-state index is -5.42. The lowest BCUT2D eigenvalue weighted by molar-refractivity contribution is -0.144. The smallest absolute Gasteiger partial charge is 0.374 e. The lowest BCUT2D eigenvalue weighted by atomic mass is 9.80. The van der Waals surface area contributed by atoms with Crippen LogP contribution in [-0.2, 0) is 30.3 Å². The summed E-state index contributed by atoms with van der Waals surface area (Å²) in [6.07, 6.45) is -20.8. The number of aliphatic hydroxyl groups is 1. The fraction of sp³-hybridized carbons (Fsp3) is 0.227. The molecule has 3 aromatic rings. The van der Waals surface area contributed by atoms with Crippen LogP contribution >= 0.6 is 0 Å². The first-order valence-electron chi connectivity index (χ1n) is 9.48. The summed E-state index contributed by atoms with van der Waals surface area (Å²) in [5.74, 6) is 0. The average molecular weight is 533 g/mol. The van der Waals surface area contributed by atoms with E-state index in [0.717, 1.165) is 18.3 Å². The van der Waals surface area contributed by atoms with Crippen LogP contribution < -0.4 is 0 Å². The van der Waals surface area contributed by atoms with E-state index < -0.39 is 69.4 Å². The number of rotatable bonds is 3. The van der Waals surface area contributed by atoms with Gasteiger partial charge in [-0.3, -0.25) is 4.98 Å². The van der Waals surface area contributed by atoms with Gasteiger partial charge in [0.1, 0.15) is 0 Å². The minimum absolute atomic E-state index is 0.00254. The van der Waals surface area contributed by atoms with Crippen molar-refractivity contribution in [2.75, 3.05) is 0 Å². The molecule has 2 nitrogen and oxygen atoms in total. The molecule has 0 atom stereocenters. The molecule has 36 heavy (non-hydrogen) atoms. The Morgan fingerprint density at radius 2 is 0.778 bits per heavy atom. The number of halogens is 12. The van der Waals surface area contributed by atoms with Crippen molar-refractivity contribution in [2.45, 2.75) is 30.3 Å². The molecule has 1 heterocycles. The van der Waals surface area contributed by atoms with Crippen molar-refractivity contribution >= 4 is 0 Å². The first-order chi connectivity index (χ1) is 16.2. The van der Waals surface area contributed by atoms with E-state index in [9.17, 15) is 57.8 Å². The molecule has 0 unspecified atom stereocenters. The summed E-state index contributed by atoms with van der Waals surface area (Å²) in [7, 11) is 0. The fourth-order valence-corrected chi connectivity index (χ4v) is 3.37. The van der Waals surface area contributed by atoms with Crippen molar-refractivity contribution in [2.24, 2.45) is 0 Å². The molecule has 0 aliphatic carbocycles. The molecule has 0 aliphatic heterocycles. The van der Waals surface area contributed by atoms with Gasteiger partial charge in [0.2, 0.25) is 0 Å². The number of pyridine rings is 1. The lowest BCUT2D eigenvalue weighted by Gasteiger charge is -2.31. The van der Waals surface area contributed by atoms with E-state index in [1.165, 1.54) is 6.07 Å². The first kappa shape index (κ1) is 27.3. The Hall–Kier alpha value is -3.29. The predicted octanol–water partition coefficient (Wildman–Crippen LogP) is 7.44. The molecule has 0 radical (unpaired) electrons. The molecule has 0 aliphatic rings. The average Bonchev–Trinajstić information content (AvgIpc) is 2.76. The van der Waals surface area contributed by atoms with E-state index in [1.807, 2.05) is 0 Å². The second-order valence-corrected chi connectivity index (χ2v) is 7.51. The Morgan fingerprint density at radius 1 is 0.472 bits per heavy atom. The van der Waals surface area contributed by atoms with Crippen LogP contribution in [0.1, 0.15) is 39.1 Å². The van der Waals surface area contributed by atoms with Gasteiger partial charge < -0.3 is 5.11 Å². The van der Waals surface area contributed by atoms with E-state index in [4.69, 9.17) is 0 Å².